The Morgan fingerprint density at radius 3 is 0.458 bits per heavy atom. The van der Waals surface area contributed by atoms with Gasteiger partial charge in [0.1, 0.15) is 0 Å². The van der Waals surface area contributed by atoms with Gasteiger partial charge in [0.2, 0.25) is 0 Å². The standard InChI is InChI=1S/C48H80/c1-9-33(35-13-3-17-37(18-4-14-35)43-27-45-31-46(28-43)40-22-7-21-39(45)25-40)11-2-12-34(10-1)36-15-5-19-38(20-6-16-36)44-29-47-32-48(30-44)42-24-8-23-41(47)26-42/h33-48H,1-32H2. The zero-order valence-corrected chi connectivity index (χ0v) is 31.9. The van der Waals surface area contributed by atoms with E-state index in [1.807, 2.05) is 0 Å². The number of hydrogen-bond acceptors (Lipinski definition) is 0. The van der Waals surface area contributed by atoms with Gasteiger partial charge in [0.25, 0.3) is 0 Å². The molecule has 0 aromatic heterocycles. The van der Waals surface area contributed by atoms with Gasteiger partial charge in [-0.05, 0) is 146 Å². The second-order valence-electron chi connectivity index (χ2n) is 21.5. The van der Waals surface area contributed by atoms with E-state index in [2.05, 4.69) is 0 Å². The van der Waals surface area contributed by atoms with Gasteiger partial charge in [-0.2, -0.15) is 0 Å². The molecule has 0 amide bonds. The molecule has 8 atom stereocenters. The van der Waals surface area contributed by atoms with Crippen molar-refractivity contribution in [3.05, 3.63) is 0 Å². The maximum atomic E-state index is 1.65. The van der Waals surface area contributed by atoms with Crippen LogP contribution < -0.4 is 0 Å². The number of fused-ring (bicyclic) bond motifs is 12. The van der Waals surface area contributed by atoms with Crippen molar-refractivity contribution in [1.82, 2.24) is 0 Å². The molecule has 272 valence electrons. The third kappa shape index (κ3) is 7.43. The Balaban J connectivity index is 0.707. The summed E-state index contributed by atoms with van der Waals surface area (Å²) < 4.78 is 0. The zero-order valence-electron chi connectivity index (χ0n) is 31.9. The lowest BCUT2D eigenvalue weighted by Crippen LogP contribution is -2.42. The molecule has 8 bridgehead atoms. The Bertz CT molecular complexity index is 868. The highest BCUT2D eigenvalue weighted by molar-refractivity contribution is 4.97. The number of rotatable bonds is 4. The van der Waals surface area contributed by atoms with Crippen LogP contribution in [0.15, 0.2) is 0 Å². The minimum atomic E-state index is 1.09. The van der Waals surface area contributed by atoms with Crippen molar-refractivity contribution in [3.63, 3.8) is 0 Å². The van der Waals surface area contributed by atoms with Crippen LogP contribution in [0.25, 0.3) is 0 Å². The molecule has 0 aromatic rings. The first-order chi connectivity index (χ1) is 23.7. The highest BCUT2D eigenvalue weighted by Gasteiger charge is 2.47. The maximum Gasteiger partial charge on any atom is -0.0380 e. The predicted octanol–water partition coefficient (Wildman–Crippen LogP) is 14.5. The van der Waals surface area contributed by atoms with Crippen molar-refractivity contribution >= 4 is 0 Å². The van der Waals surface area contributed by atoms with Crippen LogP contribution in [-0.4, -0.2) is 0 Å². The molecule has 0 aliphatic heterocycles. The Labute approximate surface area is 299 Å². The van der Waals surface area contributed by atoms with Gasteiger partial charge in [0.05, 0.1) is 0 Å². The van der Waals surface area contributed by atoms with Gasteiger partial charge in [-0.15, -0.1) is 0 Å². The predicted molar refractivity (Wildman–Crippen MR) is 204 cm³/mol. The van der Waals surface area contributed by atoms with E-state index in [0.717, 1.165) is 94.7 Å². The van der Waals surface area contributed by atoms with Crippen molar-refractivity contribution in [2.24, 2.45) is 94.7 Å². The van der Waals surface area contributed by atoms with Crippen LogP contribution in [0.4, 0.5) is 0 Å². The maximum absolute atomic E-state index is 1.65. The van der Waals surface area contributed by atoms with Gasteiger partial charge < -0.3 is 0 Å². The van der Waals surface area contributed by atoms with Gasteiger partial charge in [-0.3, -0.25) is 0 Å². The van der Waals surface area contributed by atoms with Crippen LogP contribution in [-0.2, 0) is 0 Å². The van der Waals surface area contributed by atoms with Gasteiger partial charge >= 0.3 is 0 Å². The summed E-state index contributed by atoms with van der Waals surface area (Å²) in [5, 5.41) is 0. The van der Waals surface area contributed by atoms with Gasteiger partial charge in [-0.25, -0.2) is 0 Å². The van der Waals surface area contributed by atoms with Crippen molar-refractivity contribution in [2.45, 2.75) is 205 Å². The molecule has 0 radical (unpaired) electrons. The van der Waals surface area contributed by atoms with Gasteiger partial charge in [0.15, 0.2) is 0 Å². The largest absolute Gasteiger partial charge is 0.0528 e. The Morgan fingerprint density at radius 2 is 0.250 bits per heavy atom. The average molecular weight is 657 g/mol. The first-order valence-corrected chi connectivity index (χ1v) is 23.7. The summed E-state index contributed by atoms with van der Waals surface area (Å²) in [6.45, 7) is 0. The molecule has 0 heterocycles. The topological polar surface area (TPSA) is 0 Å². The minimum Gasteiger partial charge on any atom is -0.0528 e. The highest BCUT2D eigenvalue weighted by Crippen LogP contribution is 2.57. The van der Waals surface area contributed by atoms with Crippen molar-refractivity contribution in [2.75, 3.05) is 0 Å². The van der Waals surface area contributed by atoms with Crippen LogP contribution >= 0.6 is 0 Å². The lowest BCUT2D eigenvalue weighted by molar-refractivity contribution is -0.0152. The van der Waals surface area contributed by atoms with E-state index in [1.165, 1.54) is 0 Å². The van der Waals surface area contributed by atoms with E-state index < -0.39 is 0 Å². The average Bonchev–Trinajstić information content (AvgIpc) is 3.08. The fourth-order valence-corrected chi connectivity index (χ4v) is 17.0. The summed E-state index contributed by atoms with van der Waals surface area (Å²) in [4.78, 5) is 0. The van der Waals surface area contributed by atoms with E-state index in [-0.39, 0.29) is 0 Å². The molecule has 0 aromatic carbocycles. The summed E-state index contributed by atoms with van der Waals surface area (Å²) in [5.41, 5.74) is 0. The first-order valence-electron chi connectivity index (χ1n) is 23.7. The Hall–Kier alpha value is 0. The Morgan fingerprint density at radius 1 is 0.125 bits per heavy atom. The fourth-order valence-electron chi connectivity index (χ4n) is 17.0. The van der Waals surface area contributed by atoms with Crippen LogP contribution in [0.1, 0.15) is 205 Å². The second-order valence-corrected chi connectivity index (χ2v) is 21.5. The van der Waals surface area contributed by atoms with E-state index in [9.17, 15) is 0 Å². The summed E-state index contributed by atoms with van der Waals surface area (Å²) >= 11 is 0. The third-order valence-electron chi connectivity index (χ3n) is 19.4. The van der Waals surface area contributed by atoms with Crippen molar-refractivity contribution in [3.8, 4) is 0 Å². The van der Waals surface area contributed by atoms with E-state index >= 15 is 0 Å². The van der Waals surface area contributed by atoms with Gasteiger partial charge in [0, 0.05) is 0 Å². The Kier molecular flexibility index (Phi) is 10.9. The SMILES string of the molecule is C1CC(C2CCCC(C3CC4CC(C3)C3CCCC4C3)CCC2)CCCC(C2CCCC(C3CC4CC(C3)C3CCCC4C3)CCC2)C1. The van der Waals surface area contributed by atoms with Crippen molar-refractivity contribution in [1.29, 1.82) is 0 Å². The molecule has 9 fully saturated rings. The molecular formula is C48H80. The molecular weight excluding hydrogens is 577 g/mol. The molecule has 48 heavy (non-hydrogen) atoms. The third-order valence-corrected chi connectivity index (χ3v) is 19.4. The summed E-state index contributed by atoms with van der Waals surface area (Å²) in [5.74, 6) is 17.9. The quantitative estimate of drug-likeness (QED) is 0.282. The molecule has 8 unspecified atom stereocenters. The van der Waals surface area contributed by atoms with E-state index in [1.54, 1.807) is 205 Å². The molecule has 0 saturated heterocycles. The summed E-state index contributed by atoms with van der Waals surface area (Å²) in [7, 11) is 0. The molecule has 0 N–H and O–H groups in total. The molecule has 0 heteroatoms. The monoisotopic (exact) mass is 657 g/mol. The minimum absolute atomic E-state index is 1.09. The highest BCUT2D eigenvalue weighted by atomic mass is 14.5. The fraction of sp³-hybridized carbons (Fsp3) is 1.00. The zero-order chi connectivity index (χ0) is 31.9. The lowest BCUT2D eigenvalue weighted by atomic mass is 9.53. The van der Waals surface area contributed by atoms with Crippen LogP contribution in [0.3, 0.4) is 0 Å². The molecule has 9 aliphatic carbocycles. The van der Waals surface area contributed by atoms with Gasteiger partial charge in [-0.1, -0.05) is 154 Å². The number of hydrogen-bond donors (Lipinski definition) is 0. The van der Waals surface area contributed by atoms with Crippen LogP contribution in [0.2, 0.25) is 0 Å². The molecule has 9 saturated carbocycles. The van der Waals surface area contributed by atoms with E-state index in [0.29, 0.717) is 0 Å². The summed E-state index contributed by atoms with van der Waals surface area (Å²) in [6.07, 6.45) is 51.4. The molecule has 9 rings (SSSR count). The van der Waals surface area contributed by atoms with E-state index in [4.69, 9.17) is 0 Å². The first kappa shape index (κ1) is 33.8. The van der Waals surface area contributed by atoms with Crippen molar-refractivity contribution < 1.29 is 0 Å². The molecule has 0 nitrogen and oxygen atoms in total. The normalized spacial score (nSPS) is 52.0. The lowest BCUT2D eigenvalue weighted by Gasteiger charge is -2.52. The molecule has 9 aliphatic rings. The summed E-state index contributed by atoms with van der Waals surface area (Å²) in [6, 6.07) is 0. The van der Waals surface area contributed by atoms with Crippen LogP contribution in [0.5, 0.6) is 0 Å². The van der Waals surface area contributed by atoms with Crippen LogP contribution in [0, 0.1) is 94.7 Å². The second kappa shape index (κ2) is 15.5. The smallest absolute Gasteiger partial charge is 0.0380 e. The molecule has 0 spiro atoms.